The first-order chi connectivity index (χ1) is 5.25. The van der Waals surface area contributed by atoms with E-state index in [1.165, 1.54) is 0 Å². The smallest absolute Gasteiger partial charge is 0.306 e. The van der Waals surface area contributed by atoms with Gasteiger partial charge < -0.3 is 10.2 Å². The maximum Gasteiger partial charge on any atom is 0.306 e. The van der Waals surface area contributed by atoms with Gasteiger partial charge in [0.05, 0.1) is 5.92 Å². The van der Waals surface area contributed by atoms with Crippen LogP contribution in [0.5, 0.6) is 0 Å². The van der Waals surface area contributed by atoms with Gasteiger partial charge in [-0.3, -0.25) is 4.79 Å². The van der Waals surface area contributed by atoms with Crippen LogP contribution in [0.3, 0.4) is 0 Å². The highest BCUT2D eigenvalue weighted by Gasteiger charge is 2.30. The van der Waals surface area contributed by atoms with E-state index in [9.17, 15) is 4.79 Å². The minimum Gasteiger partial charge on any atom is -0.481 e. The minimum atomic E-state index is -0.760. The van der Waals surface area contributed by atoms with Crippen molar-refractivity contribution in [2.45, 2.75) is 6.42 Å². The molecule has 0 unspecified atom stereocenters. The van der Waals surface area contributed by atoms with Gasteiger partial charge in [0.1, 0.15) is 0 Å². The third-order valence-electron chi connectivity index (χ3n) is 2.03. The number of carbonyl (C=O) groups is 1. The van der Waals surface area contributed by atoms with Gasteiger partial charge in [0.2, 0.25) is 0 Å². The van der Waals surface area contributed by atoms with Gasteiger partial charge in [-0.2, -0.15) is 11.8 Å². The molecular weight excluding hydrogens is 164 g/mol. The molecule has 1 saturated heterocycles. The van der Waals surface area contributed by atoms with E-state index in [1.807, 2.05) is 0 Å². The average Bonchev–Trinajstić information content (AvgIpc) is 2.04. The molecule has 0 amide bonds. The molecule has 0 aromatic heterocycles. The van der Waals surface area contributed by atoms with E-state index in [4.69, 9.17) is 10.2 Å². The Morgan fingerprint density at radius 3 is 2.82 bits per heavy atom. The molecule has 11 heavy (non-hydrogen) atoms. The van der Waals surface area contributed by atoms with Crippen molar-refractivity contribution in [3.8, 4) is 0 Å². The number of rotatable bonds is 2. The normalized spacial score (nSPS) is 31.7. The summed E-state index contributed by atoms with van der Waals surface area (Å²) in [6, 6.07) is 0. The van der Waals surface area contributed by atoms with Crippen LogP contribution in [-0.2, 0) is 4.79 Å². The molecule has 0 saturated carbocycles. The van der Waals surface area contributed by atoms with Gasteiger partial charge in [0.15, 0.2) is 0 Å². The Balaban J connectivity index is 2.51. The molecule has 2 N–H and O–H groups in total. The van der Waals surface area contributed by atoms with Crippen molar-refractivity contribution in [3.05, 3.63) is 0 Å². The molecular formula is C7H12O3S. The topological polar surface area (TPSA) is 57.5 Å². The number of aliphatic hydroxyl groups is 1. The summed E-state index contributed by atoms with van der Waals surface area (Å²) in [5.41, 5.74) is 0. The Kier molecular flexibility index (Phi) is 3.20. The Morgan fingerprint density at radius 1 is 1.64 bits per heavy atom. The van der Waals surface area contributed by atoms with Gasteiger partial charge in [0, 0.05) is 12.5 Å². The van der Waals surface area contributed by atoms with Gasteiger partial charge in [-0.25, -0.2) is 0 Å². The van der Waals surface area contributed by atoms with Crippen molar-refractivity contribution in [2.24, 2.45) is 11.8 Å². The minimum absolute atomic E-state index is 0.00394. The summed E-state index contributed by atoms with van der Waals surface area (Å²) in [6.45, 7) is 0.00394. The number of hydrogen-bond acceptors (Lipinski definition) is 3. The zero-order chi connectivity index (χ0) is 8.27. The molecule has 1 rings (SSSR count). The second-order valence-corrected chi connectivity index (χ2v) is 3.90. The van der Waals surface area contributed by atoms with Gasteiger partial charge in [-0.1, -0.05) is 0 Å². The summed E-state index contributed by atoms with van der Waals surface area (Å²) >= 11 is 1.73. The van der Waals surface area contributed by atoms with Crippen LogP contribution >= 0.6 is 11.8 Å². The Labute approximate surface area is 69.8 Å². The van der Waals surface area contributed by atoms with E-state index < -0.39 is 5.97 Å². The summed E-state index contributed by atoms with van der Waals surface area (Å²) in [5.74, 6) is 0.581. The van der Waals surface area contributed by atoms with Crippen molar-refractivity contribution < 1.29 is 15.0 Å². The van der Waals surface area contributed by atoms with Crippen molar-refractivity contribution >= 4 is 17.7 Å². The van der Waals surface area contributed by atoms with Crippen LogP contribution in [0, 0.1) is 11.8 Å². The first kappa shape index (κ1) is 8.87. The van der Waals surface area contributed by atoms with Crippen molar-refractivity contribution in [3.63, 3.8) is 0 Å². The summed E-state index contributed by atoms with van der Waals surface area (Å²) in [7, 11) is 0. The fourth-order valence-corrected chi connectivity index (χ4v) is 2.53. The van der Waals surface area contributed by atoms with Crippen LogP contribution in [0.1, 0.15) is 6.42 Å². The Morgan fingerprint density at radius 2 is 2.36 bits per heavy atom. The lowest BCUT2D eigenvalue weighted by atomic mass is 9.92. The molecule has 0 bridgehead atoms. The molecule has 1 aliphatic heterocycles. The SMILES string of the molecule is O=C(O)[C@@H]1CCSC[C@H]1CO. The van der Waals surface area contributed by atoms with E-state index in [1.54, 1.807) is 11.8 Å². The second-order valence-electron chi connectivity index (χ2n) is 2.75. The molecule has 0 aliphatic carbocycles. The van der Waals surface area contributed by atoms with Gasteiger partial charge in [-0.15, -0.1) is 0 Å². The van der Waals surface area contributed by atoms with Crippen LogP contribution in [-0.4, -0.2) is 34.3 Å². The monoisotopic (exact) mass is 176 g/mol. The zero-order valence-electron chi connectivity index (χ0n) is 6.19. The highest BCUT2D eigenvalue weighted by Crippen LogP contribution is 2.28. The van der Waals surface area contributed by atoms with Gasteiger partial charge in [-0.05, 0) is 17.9 Å². The highest BCUT2D eigenvalue weighted by atomic mass is 32.2. The fraction of sp³-hybridized carbons (Fsp3) is 0.857. The van der Waals surface area contributed by atoms with E-state index in [0.29, 0.717) is 6.42 Å². The number of aliphatic carboxylic acids is 1. The molecule has 1 aliphatic rings. The molecule has 0 radical (unpaired) electrons. The summed E-state index contributed by atoms with van der Waals surface area (Å²) in [6.07, 6.45) is 0.700. The van der Waals surface area contributed by atoms with Crippen molar-refractivity contribution in [2.75, 3.05) is 18.1 Å². The molecule has 4 heteroatoms. The predicted molar refractivity (Wildman–Crippen MR) is 43.6 cm³/mol. The summed E-state index contributed by atoms with van der Waals surface area (Å²) in [5, 5.41) is 17.6. The van der Waals surface area contributed by atoms with Crippen LogP contribution in [0.25, 0.3) is 0 Å². The van der Waals surface area contributed by atoms with Crippen LogP contribution in [0.2, 0.25) is 0 Å². The number of aliphatic hydroxyl groups excluding tert-OH is 1. The molecule has 3 nitrogen and oxygen atoms in total. The molecule has 0 aromatic rings. The number of hydrogen-bond donors (Lipinski definition) is 2. The fourth-order valence-electron chi connectivity index (χ4n) is 1.30. The molecule has 0 aromatic carbocycles. The standard InChI is InChI=1S/C7H12O3S/c8-3-5-4-11-2-1-6(5)7(9)10/h5-6,8H,1-4H2,(H,9,10)/t5-,6-/m1/s1. The van der Waals surface area contributed by atoms with E-state index in [-0.39, 0.29) is 18.4 Å². The first-order valence-electron chi connectivity index (χ1n) is 3.67. The third-order valence-corrected chi connectivity index (χ3v) is 3.21. The Bertz CT molecular complexity index is 149. The van der Waals surface area contributed by atoms with Crippen LogP contribution in [0.15, 0.2) is 0 Å². The van der Waals surface area contributed by atoms with Crippen molar-refractivity contribution in [1.82, 2.24) is 0 Å². The molecule has 1 fully saturated rings. The second kappa shape index (κ2) is 3.97. The average molecular weight is 176 g/mol. The van der Waals surface area contributed by atoms with E-state index in [2.05, 4.69) is 0 Å². The maximum atomic E-state index is 10.6. The molecule has 2 atom stereocenters. The lowest BCUT2D eigenvalue weighted by Gasteiger charge is -2.26. The highest BCUT2D eigenvalue weighted by molar-refractivity contribution is 7.99. The lowest BCUT2D eigenvalue weighted by molar-refractivity contribution is -0.144. The van der Waals surface area contributed by atoms with E-state index in [0.717, 1.165) is 11.5 Å². The molecule has 1 heterocycles. The largest absolute Gasteiger partial charge is 0.481 e. The zero-order valence-corrected chi connectivity index (χ0v) is 7.01. The first-order valence-corrected chi connectivity index (χ1v) is 4.82. The molecule has 64 valence electrons. The summed E-state index contributed by atoms with van der Waals surface area (Å²) in [4.78, 5) is 10.6. The lowest BCUT2D eigenvalue weighted by Crippen LogP contribution is -2.31. The number of thioether (sulfide) groups is 1. The third kappa shape index (κ3) is 2.10. The maximum absolute atomic E-state index is 10.6. The quantitative estimate of drug-likeness (QED) is 0.640. The van der Waals surface area contributed by atoms with Crippen LogP contribution in [0.4, 0.5) is 0 Å². The molecule has 0 spiro atoms. The van der Waals surface area contributed by atoms with Gasteiger partial charge >= 0.3 is 5.97 Å². The Hall–Kier alpha value is -0.220. The number of carboxylic acid groups (broad SMARTS) is 1. The van der Waals surface area contributed by atoms with Crippen molar-refractivity contribution in [1.29, 1.82) is 0 Å². The number of carboxylic acids is 1. The van der Waals surface area contributed by atoms with E-state index >= 15 is 0 Å². The van der Waals surface area contributed by atoms with Gasteiger partial charge in [0.25, 0.3) is 0 Å². The van der Waals surface area contributed by atoms with Crippen LogP contribution < -0.4 is 0 Å². The summed E-state index contributed by atoms with van der Waals surface area (Å²) < 4.78 is 0. The predicted octanol–water partition coefficient (Wildman–Crippen LogP) is 0.433.